The number of hydrogen-bond acceptors (Lipinski definition) is 3. The molecule has 1 unspecified atom stereocenters. The largest absolute Gasteiger partial charge is 0.396 e. The Hall–Kier alpha value is -2.26. The number of nitrogens with two attached hydrogens (primary N) is 1. The molecule has 1 atom stereocenters. The predicted octanol–water partition coefficient (Wildman–Crippen LogP) is 4.64. The molecule has 4 heteroatoms. The number of rotatable bonds is 3. The molecule has 0 saturated heterocycles. The molecule has 0 amide bonds. The number of pyridine rings is 1. The fourth-order valence-corrected chi connectivity index (χ4v) is 2.59. The van der Waals surface area contributed by atoms with Gasteiger partial charge in [-0.1, -0.05) is 41.9 Å². The van der Waals surface area contributed by atoms with Gasteiger partial charge in [0.2, 0.25) is 0 Å². The summed E-state index contributed by atoms with van der Waals surface area (Å²) >= 11 is 6.06. The number of anilines is 2. The standard InChI is InChI=1S/C17H16ClN3/c1-11(12-5-4-6-13(18)9-12)21-17-14-7-2-3-8-16(14)20-10-15(17)19/h2-11H,19H2,1H3,(H,20,21). The Labute approximate surface area is 128 Å². The first-order valence-electron chi connectivity index (χ1n) is 6.80. The molecule has 0 aliphatic carbocycles. The first kappa shape index (κ1) is 13.7. The highest BCUT2D eigenvalue weighted by Crippen LogP contribution is 2.31. The van der Waals surface area contributed by atoms with Crippen LogP contribution in [0.2, 0.25) is 5.02 Å². The average molecular weight is 298 g/mol. The molecule has 3 N–H and O–H groups in total. The van der Waals surface area contributed by atoms with Crippen LogP contribution in [0, 0.1) is 0 Å². The molecule has 1 aromatic heterocycles. The van der Waals surface area contributed by atoms with Crippen molar-refractivity contribution in [1.29, 1.82) is 0 Å². The van der Waals surface area contributed by atoms with Gasteiger partial charge in [-0.15, -0.1) is 0 Å². The molecule has 3 aromatic rings. The zero-order valence-corrected chi connectivity index (χ0v) is 12.4. The van der Waals surface area contributed by atoms with E-state index in [1.54, 1.807) is 6.20 Å². The minimum Gasteiger partial charge on any atom is -0.396 e. The highest BCUT2D eigenvalue weighted by atomic mass is 35.5. The van der Waals surface area contributed by atoms with Crippen molar-refractivity contribution in [3.8, 4) is 0 Å². The molecule has 21 heavy (non-hydrogen) atoms. The summed E-state index contributed by atoms with van der Waals surface area (Å²) in [5.41, 5.74) is 9.68. The Morgan fingerprint density at radius 3 is 2.76 bits per heavy atom. The van der Waals surface area contributed by atoms with Crippen LogP contribution in [0.4, 0.5) is 11.4 Å². The minimum atomic E-state index is 0.0943. The van der Waals surface area contributed by atoms with Gasteiger partial charge in [0, 0.05) is 16.5 Å². The normalized spacial score (nSPS) is 12.3. The second-order valence-corrected chi connectivity index (χ2v) is 5.46. The smallest absolute Gasteiger partial charge is 0.0743 e. The topological polar surface area (TPSA) is 50.9 Å². The molecular formula is C17H16ClN3. The summed E-state index contributed by atoms with van der Waals surface area (Å²) in [7, 11) is 0. The molecule has 0 radical (unpaired) electrons. The van der Waals surface area contributed by atoms with Gasteiger partial charge >= 0.3 is 0 Å². The van der Waals surface area contributed by atoms with Crippen LogP contribution in [0.15, 0.2) is 54.7 Å². The van der Waals surface area contributed by atoms with Crippen molar-refractivity contribution >= 4 is 33.9 Å². The average Bonchev–Trinajstić information content (AvgIpc) is 2.50. The number of benzene rings is 2. The number of para-hydroxylation sites is 1. The SMILES string of the molecule is CC(Nc1c(N)cnc2ccccc12)c1cccc(Cl)c1. The summed E-state index contributed by atoms with van der Waals surface area (Å²) in [5, 5.41) is 5.22. The molecule has 3 rings (SSSR count). The third kappa shape index (κ3) is 2.78. The summed E-state index contributed by atoms with van der Waals surface area (Å²) in [6.45, 7) is 2.08. The van der Waals surface area contributed by atoms with Crippen LogP contribution in [0.3, 0.4) is 0 Å². The van der Waals surface area contributed by atoms with E-state index in [1.165, 1.54) is 0 Å². The summed E-state index contributed by atoms with van der Waals surface area (Å²) in [6.07, 6.45) is 1.69. The first-order chi connectivity index (χ1) is 10.1. The van der Waals surface area contributed by atoms with Crippen LogP contribution < -0.4 is 11.1 Å². The summed E-state index contributed by atoms with van der Waals surface area (Å²) in [5.74, 6) is 0. The number of nitrogens with one attached hydrogen (secondary N) is 1. The molecule has 0 aliphatic rings. The van der Waals surface area contributed by atoms with Crippen molar-refractivity contribution in [2.45, 2.75) is 13.0 Å². The van der Waals surface area contributed by atoms with Crippen molar-refractivity contribution in [2.24, 2.45) is 0 Å². The van der Waals surface area contributed by atoms with E-state index in [9.17, 15) is 0 Å². The Morgan fingerprint density at radius 1 is 1.14 bits per heavy atom. The van der Waals surface area contributed by atoms with Crippen LogP contribution >= 0.6 is 11.6 Å². The van der Waals surface area contributed by atoms with Crippen molar-refractivity contribution in [3.05, 3.63) is 65.3 Å². The maximum atomic E-state index is 6.09. The molecule has 1 heterocycles. The third-order valence-corrected chi connectivity index (χ3v) is 3.75. The monoisotopic (exact) mass is 297 g/mol. The van der Waals surface area contributed by atoms with Crippen molar-refractivity contribution in [3.63, 3.8) is 0 Å². The van der Waals surface area contributed by atoms with E-state index in [0.29, 0.717) is 5.69 Å². The lowest BCUT2D eigenvalue weighted by atomic mass is 10.1. The molecule has 0 spiro atoms. The van der Waals surface area contributed by atoms with Gasteiger partial charge in [0.25, 0.3) is 0 Å². The number of aromatic nitrogens is 1. The van der Waals surface area contributed by atoms with Crippen LogP contribution in [-0.2, 0) is 0 Å². The zero-order valence-electron chi connectivity index (χ0n) is 11.7. The van der Waals surface area contributed by atoms with E-state index in [2.05, 4.69) is 17.2 Å². The zero-order chi connectivity index (χ0) is 14.8. The second kappa shape index (κ2) is 5.62. The highest BCUT2D eigenvalue weighted by molar-refractivity contribution is 6.30. The van der Waals surface area contributed by atoms with E-state index < -0.39 is 0 Å². The van der Waals surface area contributed by atoms with E-state index in [1.807, 2.05) is 48.5 Å². The number of nitrogen functional groups attached to an aromatic ring is 1. The van der Waals surface area contributed by atoms with Crippen molar-refractivity contribution in [2.75, 3.05) is 11.1 Å². The summed E-state index contributed by atoms with van der Waals surface area (Å²) in [4.78, 5) is 4.35. The van der Waals surface area contributed by atoms with Gasteiger partial charge in [0.1, 0.15) is 0 Å². The maximum absolute atomic E-state index is 6.09. The summed E-state index contributed by atoms with van der Waals surface area (Å²) < 4.78 is 0. The predicted molar refractivity (Wildman–Crippen MR) is 89.6 cm³/mol. The molecule has 0 saturated carbocycles. The van der Waals surface area contributed by atoms with E-state index in [-0.39, 0.29) is 6.04 Å². The van der Waals surface area contributed by atoms with E-state index in [4.69, 9.17) is 17.3 Å². The number of fused-ring (bicyclic) bond motifs is 1. The van der Waals surface area contributed by atoms with Crippen molar-refractivity contribution < 1.29 is 0 Å². The van der Waals surface area contributed by atoms with Gasteiger partial charge < -0.3 is 11.1 Å². The van der Waals surface area contributed by atoms with Gasteiger partial charge in [-0.25, -0.2) is 0 Å². The van der Waals surface area contributed by atoms with Crippen LogP contribution in [0.25, 0.3) is 10.9 Å². The van der Waals surface area contributed by atoms with Gasteiger partial charge in [-0.2, -0.15) is 0 Å². The fraction of sp³-hybridized carbons (Fsp3) is 0.118. The maximum Gasteiger partial charge on any atom is 0.0743 e. The molecule has 0 aliphatic heterocycles. The van der Waals surface area contributed by atoms with E-state index >= 15 is 0 Å². The van der Waals surface area contributed by atoms with Crippen LogP contribution in [0.5, 0.6) is 0 Å². The van der Waals surface area contributed by atoms with Gasteiger partial charge in [0.15, 0.2) is 0 Å². The Bertz CT molecular complexity index is 786. The van der Waals surface area contributed by atoms with Gasteiger partial charge in [0.05, 0.1) is 23.1 Å². The van der Waals surface area contributed by atoms with Gasteiger partial charge in [-0.3, -0.25) is 4.98 Å². The Kier molecular flexibility index (Phi) is 3.67. The fourth-order valence-electron chi connectivity index (χ4n) is 2.39. The van der Waals surface area contributed by atoms with Gasteiger partial charge in [-0.05, 0) is 30.7 Å². The molecule has 0 fully saturated rings. The molecule has 3 nitrogen and oxygen atoms in total. The lowest BCUT2D eigenvalue weighted by molar-refractivity contribution is 0.887. The number of hydrogen-bond donors (Lipinski definition) is 2. The molecule has 106 valence electrons. The van der Waals surface area contributed by atoms with Crippen molar-refractivity contribution in [1.82, 2.24) is 4.98 Å². The Balaban J connectivity index is 1.99. The first-order valence-corrected chi connectivity index (χ1v) is 7.18. The lowest BCUT2D eigenvalue weighted by Crippen LogP contribution is -2.09. The second-order valence-electron chi connectivity index (χ2n) is 5.03. The van der Waals surface area contributed by atoms with Crippen LogP contribution in [0.1, 0.15) is 18.5 Å². The number of halogens is 1. The highest BCUT2D eigenvalue weighted by Gasteiger charge is 2.11. The summed E-state index contributed by atoms with van der Waals surface area (Å²) in [6, 6.07) is 15.9. The minimum absolute atomic E-state index is 0.0943. The lowest BCUT2D eigenvalue weighted by Gasteiger charge is -2.19. The quantitative estimate of drug-likeness (QED) is 0.740. The molecule has 2 aromatic carbocycles. The Morgan fingerprint density at radius 2 is 1.95 bits per heavy atom. The third-order valence-electron chi connectivity index (χ3n) is 3.51. The van der Waals surface area contributed by atoms with E-state index in [0.717, 1.165) is 27.2 Å². The van der Waals surface area contributed by atoms with Crippen LogP contribution in [-0.4, -0.2) is 4.98 Å². The molecular weight excluding hydrogens is 282 g/mol. The number of nitrogens with zero attached hydrogens (tertiary/aromatic N) is 1. The molecule has 0 bridgehead atoms.